The number of rotatable bonds is 4. The van der Waals surface area contributed by atoms with Gasteiger partial charge >= 0.3 is 0 Å². The standard InChI is InChI=1S/C25H26ClN3O2/c1-17(2)25(31)29-15-13-28(14-16-29)23-21(26)11-6-12-22(23)27-24(30)20-10-5-8-18-7-3-4-9-19(18)20/h3-12,17H,13-16H2,1-2H3,(H,27,30). The van der Waals surface area contributed by atoms with Crippen LogP contribution in [0.3, 0.4) is 0 Å². The van der Waals surface area contributed by atoms with Crippen molar-refractivity contribution >= 4 is 45.6 Å². The van der Waals surface area contributed by atoms with Gasteiger partial charge in [0.1, 0.15) is 0 Å². The number of carbonyl (C=O) groups excluding carboxylic acids is 2. The number of nitrogens with zero attached hydrogens (tertiary/aromatic N) is 2. The lowest BCUT2D eigenvalue weighted by Crippen LogP contribution is -2.50. The molecule has 0 spiro atoms. The van der Waals surface area contributed by atoms with Crippen LogP contribution in [0.5, 0.6) is 0 Å². The fraction of sp³-hybridized carbons (Fsp3) is 0.280. The van der Waals surface area contributed by atoms with Gasteiger partial charge in [-0.3, -0.25) is 9.59 Å². The molecule has 160 valence electrons. The van der Waals surface area contributed by atoms with Gasteiger partial charge in [0.25, 0.3) is 5.91 Å². The van der Waals surface area contributed by atoms with Crippen LogP contribution in [-0.4, -0.2) is 42.9 Å². The molecule has 0 aromatic heterocycles. The van der Waals surface area contributed by atoms with Gasteiger partial charge in [0.2, 0.25) is 5.91 Å². The number of hydrogen-bond donors (Lipinski definition) is 1. The molecule has 31 heavy (non-hydrogen) atoms. The van der Waals surface area contributed by atoms with Gasteiger partial charge in [-0.1, -0.05) is 67.9 Å². The summed E-state index contributed by atoms with van der Waals surface area (Å²) in [4.78, 5) is 29.5. The second-order valence-corrected chi connectivity index (χ2v) is 8.49. The van der Waals surface area contributed by atoms with Gasteiger partial charge < -0.3 is 15.1 Å². The largest absolute Gasteiger partial charge is 0.365 e. The molecule has 1 heterocycles. The molecule has 0 radical (unpaired) electrons. The van der Waals surface area contributed by atoms with E-state index < -0.39 is 0 Å². The van der Waals surface area contributed by atoms with Gasteiger partial charge in [-0.25, -0.2) is 0 Å². The van der Waals surface area contributed by atoms with Crippen LogP contribution in [0.1, 0.15) is 24.2 Å². The van der Waals surface area contributed by atoms with E-state index in [1.807, 2.05) is 79.4 Å². The second-order valence-electron chi connectivity index (χ2n) is 8.08. The third-order valence-corrected chi connectivity index (χ3v) is 5.98. The number of carbonyl (C=O) groups is 2. The van der Waals surface area contributed by atoms with Crippen molar-refractivity contribution in [2.24, 2.45) is 5.92 Å². The van der Waals surface area contributed by atoms with E-state index in [1.165, 1.54) is 0 Å². The molecule has 1 fully saturated rings. The summed E-state index contributed by atoms with van der Waals surface area (Å²) in [5.41, 5.74) is 2.10. The average molecular weight is 436 g/mol. The lowest BCUT2D eigenvalue weighted by molar-refractivity contribution is -0.134. The van der Waals surface area contributed by atoms with Gasteiger partial charge in [-0.2, -0.15) is 0 Å². The molecule has 3 aromatic carbocycles. The van der Waals surface area contributed by atoms with Crippen molar-refractivity contribution < 1.29 is 9.59 Å². The predicted octanol–water partition coefficient (Wildman–Crippen LogP) is 5.05. The molecule has 5 nitrogen and oxygen atoms in total. The minimum atomic E-state index is -0.172. The Morgan fingerprint density at radius 1 is 0.903 bits per heavy atom. The minimum Gasteiger partial charge on any atom is -0.365 e. The molecule has 1 N–H and O–H groups in total. The number of anilines is 2. The van der Waals surface area contributed by atoms with Gasteiger partial charge in [-0.05, 0) is 29.0 Å². The van der Waals surface area contributed by atoms with E-state index in [9.17, 15) is 9.59 Å². The summed E-state index contributed by atoms with van der Waals surface area (Å²) in [6.07, 6.45) is 0. The minimum absolute atomic E-state index is 0.0117. The quantitative estimate of drug-likeness (QED) is 0.623. The summed E-state index contributed by atoms with van der Waals surface area (Å²) in [6.45, 7) is 6.45. The van der Waals surface area contributed by atoms with E-state index in [0.717, 1.165) is 16.5 Å². The third-order valence-electron chi connectivity index (χ3n) is 5.67. The Kier molecular flexibility index (Phi) is 6.14. The first-order valence-electron chi connectivity index (χ1n) is 10.6. The molecule has 6 heteroatoms. The molecule has 4 rings (SSSR count). The second kappa shape index (κ2) is 8.98. The third kappa shape index (κ3) is 4.37. The molecular formula is C25H26ClN3O2. The number of para-hydroxylation sites is 1. The number of nitrogens with one attached hydrogen (secondary N) is 1. The first-order chi connectivity index (χ1) is 15.0. The number of hydrogen-bond acceptors (Lipinski definition) is 3. The Balaban J connectivity index is 1.58. The monoisotopic (exact) mass is 435 g/mol. The highest BCUT2D eigenvalue weighted by molar-refractivity contribution is 6.34. The number of amides is 2. The Hall–Kier alpha value is -3.05. The van der Waals surface area contributed by atoms with Crippen molar-refractivity contribution in [1.82, 2.24) is 4.90 Å². The summed E-state index contributed by atoms with van der Waals surface area (Å²) < 4.78 is 0. The highest BCUT2D eigenvalue weighted by atomic mass is 35.5. The van der Waals surface area contributed by atoms with Crippen LogP contribution in [0.15, 0.2) is 60.7 Å². The maximum Gasteiger partial charge on any atom is 0.256 e. The molecule has 0 unspecified atom stereocenters. The normalized spacial score (nSPS) is 14.2. The Bertz CT molecular complexity index is 1120. The summed E-state index contributed by atoms with van der Waals surface area (Å²) in [5.74, 6) is -0.0142. The number of halogens is 1. The van der Waals surface area contributed by atoms with E-state index in [1.54, 1.807) is 0 Å². The maximum atomic E-state index is 13.2. The molecule has 3 aromatic rings. The zero-order chi connectivity index (χ0) is 22.0. The summed E-state index contributed by atoms with van der Waals surface area (Å²) in [5, 5.41) is 5.58. The maximum absolute atomic E-state index is 13.2. The van der Waals surface area contributed by atoms with Crippen molar-refractivity contribution in [3.05, 3.63) is 71.2 Å². The van der Waals surface area contributed by atoms with Crippen LogP contribution in [0.4, 0.5) is 11.4 Å². The highest BCUT2D eigenvalue weighted by Crippen LogP contribution is 2.35. The van der Waals surface area contributed by atoms with Crippen molar-refractivity contribution in [2.45, 2.75) is 13.8 Å². The van der Waals surface area contributed by atoms with Gasteiger partial charge in [-0.15, -0.1) is 0 Å². The zero-order valence-electron chi connectivity index (χ0n) is 17.8. The fourth-order valence-corrected chi connectivity index (χ4v) is 4.36. The van der Waals surface area contributed by atoms with Gasteiger partial charge in [0.05, 0.1) is 16.4 Å². The Morgan fingerprint density at radius 2 is 1.58 bits per heavy atom. The molecule has 0 atom stereocenters. The van der Waals surface area contributed by atoms with Crippen LogP contribution >= 0.6 is 11.6 Å². The summed E-state index contributed by atoms with van der Waals surface area (Å²) in [6, 6.07) is 19.1. The van der Waals surface area contributed by atoms with Crippen molar-refractivity contribution in [2.75, 3.05) is 36.4 Å². The van der Waals surface area contributed by atoms with Gasteiger partial charge in [0.15, 0.2) is 0 Å². The SMILES string of the molecule is CC(C)C(=O)N1CCN(c2c(Cl)cccc2NC(=O)c2cccc3ccccc23)CC1. The first-order valence-corrected chi connectivity index (χ1v) is 10.9. The number of fused-ring (bicyclic) bond motifs is 1. The lowest BCUT2D eigenvalue weighted by Gasteiger charge is -2.38. The highest BCUT2D eigenvalue weighted by Gasteiger charge is 2.26. The van der Waals surface area contributed by atoms with Gasteiger partial charge in [0, 0.05) is 37.7 Å². The van der Waals surface area contributed by atoms with Crippen LogP contribution in [-0.2, 0) is 4.79 Å². The molecule has 0 bridgehead atoms. The smallest absolute Gasteiger partial charge is 0.256 e. The Morgan fingerprint density at radius 3 is 2.32 bits per heavy atom. The topological polar surface area (TPSA) is 52.7 Å². The zero-order valence-corrected chi connectivity index (χ0v) is 18.5. The van der Waals surface area contributed by atoms with E-state index in [0.29, 0.717) is 42.5 Å². The van der Waals surface area contributed by atoms with E-state index in [4.69, 9.17) is 11.6 Å². The summed E-state index contributed by atoms with van der Waals surface area (Å²) >= 11 is 6.56. The molecule has 1 aliphatic rings. The van der Waals surface area contributed by atoms with E-state index >= 15 is 0 Å². The number of benzene rings is 3. The lowest BCUT2D eigenvalue weighted by atomic mass is 10.0. The Labute approximate surface area is 187 Å². The summed E-state index contributed by atoms with van der Waals surface area (Å²) in [7, 11) is 0. The van der Waals surface area contributed by atoms with Crippen LogP contribution in [0.2, 0.25) is 5.02 Å². The van der Waals surface area contributed by atoms with Crippen molar-refractivity contribution in [1.29, 1.82) is 0 Å². The molecular weight excluding hydrogens is 410 g/mol. The predicted molar refractivity (Wildman–Crippen MR) is 127 cm³/mol. The van der Waals surface area contributed by atoms with Crippen LogP contribution < -0.4 is 10.2 Å². The molecule has 0 saturated carbocycles. The van der Waals surface area contributed by atoms with Crippen LogP contribution in [0, 0.1) is 5.92 Å². The van der Waals surface area contributed by atoms with Crippen molar-refractivity contribution in [3.8, 4) is 0 Å². The average Bonchev–Trinajstić information content (AvgIpc) is 2.78. The molecule has 0 aliphatic carbocycles. The van der Waals surface area contributed by atoms with E-state index in [2.05, 4.69) is 10.2 Å². The molecule has 2 amide bonds. The fourth-order valence-electron chi connectivity index (χ4n) is 4.07. The first kappa shape index (κ1) is 21.2. The van der Waals surface area contributed by atoms with E-state index in [-0.39, 0.29) is 17.7 Å². The molecule has 1 saturated heterocycles. The number of piperazine rings is 1. The van der Waals surface area contributed by atoms with Crippen molar-refractivity contribution in [3.63, 3.8) is 0 Å². The molecule has 1 aliphatic heterocycles. The van der Waals surface area contributed by atoms with Crippen LogP contribution in [0.25, 0.3) is 10.8 Å².